The van der Waals surface area contributed by atoms with Crippen molar-refractivity contribution in [3.8, 4) is 34.4 Å². The largest absolute Gasteiger partial charge is 0.315 e. The zero-order valence-electron chi connectivity index (χ0n) is 17.4. The standard InChI is InChI=1S/C24H17N7OS/c25-11-19-22(20(12-26)24(27-23(19)32)33-13-21-28-30-31-29-21)16-8-6-15(7-9-16)18-3-1-2-17(10-18)14-4-5-14/h1-3,6-10,14H,4-5,13H2,(H,27,32)(H,28,29,30,31). The van der Waals surface area contributed by atoms with Crippen molar-refractivity contribution in [2.24, 2.45) is 0 Å². The molecule has 0 amide bonds. The molecule has 0 radical (unpaired) electrons. The van der Waals surface area contributed by atoms with Gasteiger partial charge in [-0.15, -0.1) is 10.2 Å². The monoisotopic (exact) mass is 451 g/mol. The summed E-state index contributed by atoms with van der Waals surface area (Å²) in [6.07, 6.45) is 2.48. The molecule has 0 bridgehead atoms. The van der Waals surface area contributed by atoms with Gasteiger partial charge in [-0.25, -0.2) is 0 Å². The number of nitrogens with one attached hydrogen (secondary N) is 2. The van der Waals surface area contributed by atoms with Crippen LogP contribution in [0.4, 0.5) is 0 Å². The van der Waals surface area contributed by atoms with Crippen molar-refractivity contribution in [1.82, 2.24) is 25.6 Å². The van der Waals surface area contributed by atoms with E-state index in [-0.39, 0.29) is 11.1 Å². The average molecular weight is 452 g/mol. The number of benzene rings is 2. The summed E-state index contributed by atoms with van der Waals surface area (Å²) in [5, 5.41) is 33.6. The molecule has 8 nitrogen and oxygen atoms in total. The molecule has 0 atom stereocenters. The van der Waals surface area contributed by atoms with Gasteiger partial charge in [0, 0.05) is 5.56 Å². The summed E-state index contributed by atoms with van der Waals surface area (Å²) in [6.45, 7) is 0. The SMILES string of the molecule is N#Cc1c(SCc2nn[nH]n2)[nH]c(=O)c(C#N)c1-c1ccc(-c2cccc(C3CC3)c2)cc1. The van der Waals surface area contributed by atoms with Gasteiger partial charge in [0.2, 0.25) is 0 Å². The van der Waals surface area contributed by atoms with Crippen LogP contribution in [-0.4, -0.2) is 25.6 Å². The number of nitriles is 2. The number of thioether (sulfide) groups is 1. The first-order chi connectivity index (χ1) is 16.2. The fourth-order valence-corrected chi connectivity index (χ4v) is 4.64. The van der Waals surface area contributed by atoms with Gasteiger partial charge in [0.25, 0.3) is 5.56 Å². The Kier molecular flexibility index (Phi) is 5.47. The first-order valence-electron chi connectivity index (χ1n) is 10.3. The molecular weight excluding hydrogens is 434 g/mol. The minimum Gasteiger partial charge on any atom is -0.315 e. The zero-order valence-corrected chi connectivity index (χ0v) is 18.2. The third kappa shape index (κ3) is 4.14. The van der Waals surface area contributed by atoms with E-state index >= 15 is 0 Å². The highest BCUT2D eigenvalue weighted by molar-refractivity contribution is 7.98. The zero-order chi connectivity index (χ0) is 22.8. The van der Waals surface area contributed by atoms with Crippen LogP contribution in [0.3, 0.4) is 0 Å². The summed E-state index contributed by atoms with van der Waals surface area (Å²) in [5.41, 5.74) is 4.10. The number of rotatable bonds is 6. The summed E-state index contributed by atoms with van der Waals surface area (Å²) in [4.78, 5) is 15.3. The minimum atomic E-state index is -0.539. The number of hydrogen-bond donors (Lipinski definition) is 2. The summed E-state index contributed by atoms with van der Waals surface area (Å²) < 4.78 is 0. The molecule has 0 spiro atoms. The Bertz CT molecular complexity index is 1460. The number of pyridine rings is 1. The van der Waals surface area contributed by atoms with Crippen molar-refractivity contribution >= 4 is 11.8 Å². The highest BCUT2D eigenvalue weighted by Crippen LogP contribution is 2.41. The molecule has 33 heavy (non-hydrogen) atoms. The second-order valence-electron chi connectivity index (χ2n) is 7.73. The number of H-pyrrole nitrogens is 2. The lowest BCUT2D eigenvalue weighted by Crippen LogP contribution is -2.15. The van der Waals surface area contributed by atoms with Gasteiger partial charge in [-0.3, -0.25) is 4.79 Å². The van der Waals surface area contributed by atoms with Gasteiger partial charge in [0.05, 0.1) is 16.3 Å². The van der Waals surface area contributed by atoms with E-state index in [9.17, 15) is 15.3 Å². The van der Waals surface area contributed by atoms with Crippen LogP contribution >= 0.6 is 11.8 Å². The highest BCUT2D eigenvalue weighted by Gasteiger charge is 2.23. The maximum Gasteiger partial charge on any atom is 0.267 e. The highest BCUT2D eigenvalue weighted by atomic mass is 32.2. The fourth-order valence-electron chi connectivity index (χ4n) is 3.79. The van der Waals surface area contributed by atoms with E-state index in [4.69, 9.17) is 0 Å². The number of tetrazole rings is 1. The molecule has 2 heterocycles. The Balaban J connectivity index is 1.53. The number of aromatic amines is 2. The molecule has 2 aromatic carbocycles. The van der Waals surface area contributed by atoms with Crippen LogP contribution in [0.5, 0.6) is 0 Å². The van der Waals surface area contributed by atoms with Crippen LogP contribution in [0, 0.1) is 22.7 Å². The molecular formula is C24H17N7OS. The third-order valence-corrected chi connectivity index (χ3v) is 6.58. The number of nitrogens with zero attached hydrogens (tertiary/aromatic N) is 5. The maximum atomic E-state index is 12.6. The lowest BCUT2D eigenvalue weighted by Gasteiger charge is -2.12. The second-order valence-corrected chi connectivity index (χ2v) is 8.71. The van der Waals surface area contributed by atoms with Gasteiger partial charge < -0.3 is 4.98 Å². The lowest BCUT2D eigenvalue weighted by molar-refractivity contribution is 0.881. The lowest BCUT2D eigenvalue weighted by atomic mass is 9.94. The smallest absolute Gasteiger partial charge is 0.267 e. The Morgan fingerprint density at radius 1 is 1.00 bits per heavy atom. The fraction of sp³-hybridized carbons (Fsp3) is 0.167. The maximum absolute atomic E-state index is 12.6. The van der Waals surface area contributed by atoms with Crippen LogP contribution < -0.4 is 5.56 Å². The minimum absolute atomic E-state index is 0.0843. The van der Waals surface area contributed by atoms with E-state index in [0.717, 1.165) is 11.1 Å². The Morgan fingerprint density at radius 2 is 1.76 bits per heavy atom. The van der Waals surface area contributed by atoms with Gasteiger partial charge in [0.15, 0.2) is 5.82 Å². The average Bonchev–Trinajstić information content (AvgIpc) is 3.58. The van der Waals surface area contributed by atoms with E-state index in [1.54, 1.807) is 0 Å². The van der Waals surface area contributed by atoms with Crippen molar-refractivity contribution in [2.75, 3.05) is 0 Å². The Hall–Kier alpha value is -4.21. The number of aromatic nitrogens is 5. The quantitative estimate of drug-likeness (QED) is 0.421. The summed E-state index contributed by atoms with van der Waals surface area (Å²) >= 11 is 1.21. The van der Waals surface area contributed by atoms with Crippen LogP contribution in [-0.2, 0) is 5.75 Å². The van der Waals surface area contributed by atoms with Crippen LogP contribution in [0.25, 0.3) is 22.3 Å². The van der Waals surface area contributed by atoms with Crippen LogP contribution in [0.2, 0.25) is 0 Å². The molecule has 160 valence electrons. The number of hydrogen-bond acceptors (Lipinski definition) is 7. The Labute approximate surface area is 193 Å². The molecule has 1 fully saturated rings. The van der Waals surface area contributed by atoms with Crippen molar-refractivity contribution in [3.63, 3.8) is 0 Å². The van der Waals surface area contributed by atoms with Gasteiger partial charge in [-0.2, -0.15) is 15.7 Å². The van der Waals surface area contributed by atoms with Crippen LogP contribution in [0.1, 0.15) is 41.3 Å². The molecule has 4 aromatic rings. The summed E-state index contributed by atoms with van der Waals surface area (Å²) in [6, 6.07) is 20.3. The summed E-state index contributed by atoms with van der Waals surface area (Å²) in [7, 11) is 0. The van der Waals surface area contributed by atoms with Crippen molar-refractivity contribution in [3.05, 3.63) is 81.4 Å². The Morgan fingerprint density at radius 3 is 2.42 bits per heavy atom. The first kappa shape index (κ1) is 20.7. The topological polar surface area (TPSA) is 135 Å². The molecule has 1 aliphatic carbocycles. The molecule has 1 aliphatic rings. The molecule has 0 unspecified atom stereocenters. The molecule has 0 saturated heterocycles. The molecule has 9 heteroatoms. The van der Waals surface area contributed by atoms with Crippen molar-refractivity contribution in [1.29, 1.82) is 10.5 Å². The predicted octanol–water partition coefficient (Wildman–Crippen LogP) is 4.14. The third-order valence-electron chi connectivity index (χ3n) is 5.58. The summed E-state index contributed by atoms with van der Waals surface area (Å²) in [5.74, 6) is 1.41. The van der Waals surface area contributed by atoms with E-state index < -0.39 is 5.56 Å². The van der Waals surface area contributed by atoms with Gasteiger partial charge in [-0.1, -0.05) is 65.5 Å². The normalized spacial score (nSPS) is 12.8. The second kappa shape index (κ2) is 8.73. The van der Waals surface area contributed by atoms with Gasteiger partial charge in [-0.05, 0) is 41.0 Å². The molecule has 2 aromatic heterocycles. The first-order valence-corrected chi connectivity index (χ1v) is 11.3. The van der Waals surface area contributed by atoms with Crippen molar-refractivity contribution in [2.45, 2.75) is 29.5 Å². The van der Waals surface area contributed by atoms with E-state index in [1.807, 2.05) is 30.3 Å². The van der Waals surface area contributed by atoms with E-state index in [2.05, 4.69) is 55.9 Å². The van der Waals surface area contributed by atoms with Gasteiger partial charge in [0.1, 0.15) is 17.7 Å². The molecule has 2 N–H and O–H groups in total. The van der Waals surface area contributed by atoms with E-state index in [1.165, 1.54) is 30.2 Å². The molecule has 1 saturated carbocycles. The predicted molar refractivity (Wildman–Crippen MR) is 123 cm³/mol. The van der Waals surface area contributed by atoms with Crippen LogP contribution in [0.15, 0.2) is 58.4 Å². The van der Waals surface area contributed by atoms with Gasteiger partial charge >= 0.3 is 0 Å². The molecule has 0 aliphatic heterocycles. The van der Waals surface area contributed by atoms with Crippen molar-refractivity contribution < 1.29 is 0 Å². The molecule has 5 rings (SSSR count). The van der Waals surface area contributed by atoms with E-state index in [0.29, 0.717) is 33.6 Å².